The Morgan fingerprint density at radius 3 is 2.63 bits per heavy atom. The predicted octanol–water partition coefficient (Wildman–Crippen LogP) is 6.64. The van der Waals surface area contributed by atoms with Crippen LogP contribution in [0.15, 0.2) is 110 Å². The van der Waals surface area contributed by atoms with Gasteiger partial charge in [0, 0.05) is 21.5 Å². The number of carboxylic acids is 1. The van der Waals surface area contributed by atoms with E-state index in [1.165, 1.54) is 30.5 Å². The van der Waals surface area contributed by atoms with Gasteiger partial charge in [0.2, 0.25) is 5.82 Å². The number of aromatic nitrogens is 2. The van der Waals surface area contributed by atoms with E-state index in [9.17, 15) is 19.7 Å². The fourth-order valence-electron chi connectivity index (χ4n) is 4.42. The molecule has 0 bridgehead atoms. The van der Waals surface area contributed by atoms with E-state index in [1.54, 1.807) is 54.6 Å². The van der Waals surface area contributed by atoms with Crippen molar-refractivity contribution in [2.24, 2.45) is 5.10 Å². The van der Waals surface area contributed by atoms with Crippen LogP contribution < -0.4 is 10.3 Å². The highest BCUT2D eigenvalue weighted by Gasteiger charge is 2.18. The molecule has 2 heterocycles. The van der Waals surface area contributed by atoms with Crippen molar-refractivity contribution in [1.82, 2.24) is 9.66 Å². The Hall–Kier alpha value is -5.62. The van der Waals surface area contributed by atoms with Crippen molar-refractivity contribution in [3.63, 3.8) is 0 Å². The molecule has 43 heavy (non-hydrogen) atoms. The SMILES string of the molecule is O=C(O)c1ccc(COc2ccc(C=Nn3c(-c4cc5cc(Br)ccc5o4)nc4ccccc4c3=O)cc2[N+](=O)[O-])cc1. The fourth-order valence-corrected chi connectivity index (χ4v) is 4.80. The molecule has 11 nitrogen and oxygen atoms in total. The highest BCUT2D eigenvalue weighted by atomic mass is 79.9. The van der Waals surface area contributed by atoms with Gasteiger partial charge in [0.15, 0.2) is 11.5 Å². The van der Waals surface area contributed by atoms with Gasteiger partial charge in [-0.15, -0.1) is 0 Å². The molecule has 6 aromatic rings. The number of rotatable bonds is 8. The molecule has 0 saturated carbocycles. The minimum absolute atomic E-state index is 0.0102. The number of hydrogen-bond acceptors (Lipinski definition) is 8. The number of nitrogens with zero attached hydrogens (tertiary/aromatic N) is 4. The van der Waals surface area contributed by atoms with Crippen molar-refractivity contribution >= 4 is 55.7 Å². The van der Waals surface area contributed by atoms with E-state index in [2.05, 4.69) is 26.0 Å². The average Bonchev–Trinajstić information content (AvgIpc) is 3.43. The molecular weight excluding hydrogens is 620 g/mol. The zero-order valence-electron chi connectivity index (χ0n) is 22.0. The number of benzene rings is 4. The zero-order chi connectivity index (χ0) is 30.1. The van der Waals surface area contributed by atoms with Gasteiger partial charge in [-0.3, -0.25) is 14.9 Å². The molecule has 2 aromatic heterocycles. The summed E-state index contributed by atoms with van der Waals surface area (Å²) in [6.07, 6.45) is 1.32. The summed E-state index contributed by atoms with van der Waals surface area (Å²) in [6.45, 7) is -0.0102. The molecular formula is C31H19BrN4O7. The molecule has 0 aliphatic heterocycles. The molecule has 0 fully saturated rings. The first kappa shape index (κ1) is 27.5. The molecule has 6 rings (SSSR count). The lowest BCUT2D eigenvalue weighted by Gasteiger charge is -2.09. The molecule has 0 spiro atoms. The number of fused-ring (bicyclic) bond motifs is 2. The van der Waals surface area contributed by atoms with Crippen molar-refractivity contribution in [3.05, 3.63) is 133 Å². The van der Waals surface area contributed by atoms with Gasteiger partial charge in [-0.2, -0.15) is 9.78 Å². The highest BCUT2D eigenvalue weighted by molar-refractivity contribution is 9.10. The van der Waals surface area contributed by atoms with Crippen LogP contribution in [0.25, 0.3) is 33.5 Å². The lowest BCUT2D eigenvalue weighted by atomic mass is 10.1. The lowest BCUT2D eigenvalue weighted by molar-refractivity contribution is -0.385. The molecule has 0 radical (unpaired) electrons. The van der Waals surface area contributed by atoms with Crippen LogP contribution in [0.3, 0.4) is 0 Å². The van der Waals surface area contributed by atoms with E-state index in [-0.39, 0.29) is 29.4 Å². The summed E-state index contributed by atoms with van der Waals surface area (Å²) in [5.41, 5.74) is 1.41. The molecule has 0 unspecified atom stereocenters. The third kappa shape index (κ3) is 5.63. The third-order valence-electron chi connectivity index (χ3n) is 6.55. The fraction of sp³-hybridized carbons (Fsp3) is 0.0323. The summed E-state index contributed by atoms with van der Waals surface area (Å²) in [6, 6.07) is 24.4. The van der Waals surface area contributed by atoms with Crippen molar-refractivity contribution in [2.75, 3.05) is 0 Å². The Morgan fingerprint density at radius 1 is 1.07 bits per heavy atom. The van der Waals surface area contributed by atoms with Gasteiger partial charge < -0.3 is 14.3 Å². The van der Waals surface area contributed by atoms with Gasteiger partial charge in [0.05, 0.1) is 27.6 Å². The molecule has 12 heteroatoms. The van der Waals surface area contributed by atoms with Crippen LogP contribution >= 0.6 is 15.9 Å². The summed E-state index contributed by atoms with van der Waals surface area (Å²) in [5.74, 6) is -0.557. The maximum absolute atomic E-state index is 13.5. The topological polar surface area (TPSA) is 150 Å². The van der Waals surface area contributed by atoms with Gasteiger partial charge in [-0.25, -0.2) is 9.78 Å². The second-order valence-corrected chi connectivity index (χ2v) is 10.3. The summed E-state index contributed by atoms with van der Waals surface area (Å²) in [4.78, 5) is 40.5. The Balaban J connectivity index is 1.35. The van der Waals surface area contributed by atoms with Gasteiger partial charge >= 0.3 is 11.7 Å². The maximum atomic E-state index is 13.5. The monoisotopic (exact) mass is 638 g/mol. The van der Waals surface area contributed by atoms with E-state index in [0.717, 1.165) is 14.5 Å². The van der Waals surface area contributed by atoms with Crippen LogP contribution in [0.4, 0.5) is 5.69 Å². The lowest BCUT2D eigenvalue weighted by Crippen LogP contribution is -2.20. The van der Waals surface area contributed by atoms with Crippen molar-refractivity contribution in [2.45, 2.75) is 6.61 Å². The molecule has 4 aromatic carbocycles. The van der Waals surface area contributed by atoms with E-state index < -0.39 is 16.5 Å². The number of hydrogen-bond donors (Lipinski definition) is 1. The number of nitro groups is 1. The number of carboxylic acid groups (broad SMARTS) is 1. The van der Waals surface area contributed by atoms with Crippen LogP contribution in [0.5, 0.6) is 5.75 Å². The first-order chi connectivity index (χ1) is 20.8. The summed E-state index contributed by atoms with van der Waals surface area (Å²) < 4.78 is 13.6. The van der Waals surface area contributed by atoms with Crippen LogP contribution in [0.1, 0.15) is 21.5 Å². The molecule has 1 N–H and O–H groups in total. The van der Waals surface area contributed by atoms with E-state index in [1.807, 2.05) is 12.1 Å². The number of aromatic carboxylic acids is 1. The normalized spacial score (nSPS) is 11.4. The van der Waals surface area contributed by atoms with Crippen molar-refractivity contribution < 1.29 is 24.0 Å². The summed E-state index contributed by atoms with van der Waals surface area (Å²) in [7, 11) is 0. The Kier molecular flexibility index (Phi) is 7.26. The second kappa shape index (κ2) is 11.3. The van der Waals surface area contributed by atoms with Crippen LogP contribution in [0, 0.1) is 10.1 Å². The Bertz CT molecular complexity index is 2140. The maximum Gasteiger partial charge on any atom is 0.335 e. The van der Waals surface area contributed by atoms with Gasteiger partial charge in [-0.1, -0.05) is 40.2 Å². The summed E-state index contributed by atoms with van der Waals surface area (Å²) in [5, 5.41) is 26.4. The average molecular weight is 639 g/mol. The number of carbonyl (C=O) groups is 1. The predicted molar refractivity (Wildman–Crippen MR) is 163 cm³/mol. The third-order valence-corrected chi connectivity index (χ3v) is 7.04. The van der Waals surface area contributed by atoms with Crippen LogP contribution in [0.2, 0.25) is 0 Å². The number of nitro benzene ring substituents is 1. The van der Waals surface area contributed by atoms with E-state index >= 15 is 0 Å². The minimum atomic E-state index is -1.06. The number of ether oxygens (including phenoxy) is 1. The van der Waals surface area contributed by atoms with Crippen LogP contribution in [-0.2, 0) is 6.61 Å². The minimum Gasteiger partial charge on any atom is -0.482 e. The van der Waals surface area contributed by atoms with Gasteiger partial charge in [-0.05, 0) is 66.2 Å². The van der Waals surface area contributed by atoms with Gasteiger partial charge in [0.25, 0.3) is 5.56 Å². The smallest absolute Gasteiger partial charge is 0.335 e. The number of halogens is 1. The molecule has 212 valence electrons. The molecule has 0 aliphatic rings. The molecule has 0 atom stereocenters. The largest absolute Gasteiger partial charge is 0.482 e. The van der Waals surface area contributed by atoms with Crippen molar-refractivity contribution in [3.8, 4) is 17.3 Å². The summed E-state index contributed by atoms with van der Waals surface area (Å²) >= 11 is 3.44. The Morgan fingerprint density at radius 2 is 1.86 bits per heavy atom. The van der Waals surface area contributed by atoms with E-state index in [4.69, 9.17) is 14.3 Å². The number of para-hydroxylation sites is 1. The highest BCUT2D eigenvalue weighted by Crippen LogP contribution is 2.30. The molecule has 0 amide bonds. The molecule has 0 saturated heterocycles. The Labute approximate surface area is 250 Å². The van der Waals surface area contributed by atoms with Crippen molar-refractivity contribution in [1.29, 1.82) is 0 Å². The number of furan rings is 1. The quantitative estimate of drug-likeness (QED) is 0.111. The standard InChI is InChI=1S/C31H19BrN4O7/c32-22-10-12-26-21(14-22)15-28(43-26)29-34-24-4-2-1-3-23(24)30(37)35(29)33-16-19-7-11-27(25(13-19)36(40)41)42-17-18-5-8-20(9-6-18)31(38)39/h1-16H,17H2,(H,38,39). The first-order valence-corrected chi connectivity index (χ1v) is 13.6. The van der Waals surface area contributed by atoms with E-state index in [0.29, 0.717) is 33.4 Å². The zero-order valence-corrected chi connectivity index (χ0v) is 23.6. The van der Waals surface area contributed by atoms with Gasteiger partial charge in [0.1, 0.15) is 12.2 Å². The second-order valence-electron chi connectivity index (χ2n) is 9.38. The first-order valence-electron chi connectivity index (χ1n) is 12.8. The van der Waals surface area contributed by atoms with Crippen LogP contribution in [-0.4, -0.2) is 31.9 Å². The molecule has 0 aliphatic carbocycles.